The van der Waals surface area contributed by atoms with Crippen molar-refractivity contribution in [1.82, 2.24) is 48.3 Å². The molecule has 0 aliphatic rings. The molecule has 1 aromatic rings. The fourth-order valence-electron chi connectivity index (χ4n) is 3.20. The van der Waals surface area contributed by atoms with Gasteiger partial charge >= 0.3 is 6.03 Å². The van der Waals surface area contributed by atoms with Crippen LogP contribution in [0, 0.1) is 0 Å². The minimum absolute atomic E-state index is 0.0233. The van der Waals surface area contributed by atoms with Crippen LogP contribution in [0.1, 0.15) is 59.2 Å². The van der Waals surface area contributed by atoms with Crippen LogP contribution in [0.2, 0.25) is 0 Å². The third kappa shape index (κ3) is 28.4. The van der Waals surface area contributed by atoms with Gasteiger partial charge in [0, 0.05) is 59.2 Å². The van der Waals surface area contributed by atoms with Crippen molar-refractivity contribution < 1.29 is 53.1 Å². The molecule has 1 atom stereocenters. The maximum Gasteiger partial charge on any atom is 0.328 e. The second-order valence-electron chi connectivity index (χ2n) is 10.3. The number of urea groups is 1. The third-order valence-electron chi connectivity index (χ3n) is 6.28. The molecule has 0 aliphatic carbocycles. The molecule has 0 saturated carbocycles. The molecule has 0 spiro atoms. The number of hydrogen-bond acceptors (Lipinski definition) is 17. The predicted octanol–water partition coefficient (Wildman–Crippen LogP) is -7.26. The molecule has 318 valence electrons. The lowest BCUT2D eigenvalue weighted by molar-refractivity contribution is -0.149. The van der Waals surface area contributed by atoms with Crippen molar-refractivity contribution in [2.45, 2.75) is 44.1 Å². The standard InChI is InChI=1S/C9H11N3O2.C8H16N2O2.C7H15N5O4.C4H8N2O2.C2H7N3O/c1-11-8(13)6-3-2-4-7(5-6)9(14)12-10;1-10-8(12)5-3-2-4-7(11)6-9;1-10-4(13)2-7(16,6(15)12-9)3-5(14)11-8;1-6-4(8)3(7)2-5;1-4-2(6)5-3/h2-5H,10H2,1H3,(H,11,13)(H,12,14);2-6,9H2,1H3,(H,10,12);16H,2-3,8-9H2,1H3,(H,10,13)(H,11,14)(H,12,15);2,5H2,1H3,(H,6,8);3H2,1H3,(H2,4,5,6). The number of nitrogens with two attached hydrogens (primary N) is 6. The molecule has 9 amide bonds. The van der Waals surface area contributed by atoms with Gasteiger partial charge in [0.15, 0.2) is 5.60 Å². The first kappa shape index (κ1) is 56.6. The molecule has 56 heavy (non-hydrogen) atoms. The Morgan fingerprint density at radius 1 is 0.589 bits per heavy atom. The molecule has 0 heterocycles. The number of ketones is 2. The van der Waals surface area contributed by atoms with Crippen LogP contribution in [-0.2, 0) is 33.6 Å². The molecule has 26 heteroatoms. The number of unbranched alkanes of at least 4 members (excludes halogenated alkanes) is 1. The number of nitrogens with one attached hydrogen (secondary N) is 9. The summed E-state index contributed by atoms with van der Waals surface area (Å²) in [5.41, 5.74) is 15.8. The van der Waals surface area contributed by atoms with E-state index in [0.717, 1.165) is 12.8 Å². The monoisotopic (exact) mass is 803 g/mol. The summed E-state index contributed by atoms with van der Waals surface area (Å²) in [7, 11) is 7.33. The van der Waals surface area contributed by atoms with E-state index < -0.39 is 53.8 Å². The van der Waals surface area contributed by atoms with Crippen LogP contribution in [0.25, 0.3) is 0 Å². The zero-order chi connectivity index (χ0) is 44.3. The number of Topliss-reactive ketones (excluding diaryl/α,β-unsaturated/α-hetero) is 2. The Balaban J connectivity index is -0.000000313. The van der Waals surface area contributed by atoms with Gasteiger partial charge in [-0.3, -0.25) is 64.9 Å². The molecule has 26 nitrogen and oxygen atoms in total. The van der Waals surface area contributed by atoms with Gasteiger partial charge in [0.25, 0.3) is 23.6 Å². The van der Waals surface area contributed by atoms with Gasteiger partial charge in [0.1, 0.15) is 5.78 Å². The van der Waals surface area contributed by atoms with Crippen LogP contribution < -0.4 is 83.1 Å². The van der Waals surface area contributed by atoms with Crippen molar-refractivity contribution in [3.8, 4) is 0 Å². The first-order valence-corrected chi connectivity index (χ1v) is 16.1. The van der Waals surface area contributed by atoms with Crippen molar-refractivity contribution in [3.63, 3.8) is 0 Å². The van der Waals surface area contributed by atoms with Gasteiger partial charge in [0.2, 0.25) is 23.5 Å². The number of aliphatic hydroxyl groups is 1. The highest BCUT2D eigenvalue weighted by atomic mass is 16.3. The molecule has 0 bridgehead atoms. The van der Waals surface area contributed by atoms with E-state index in [1.807, 2.05) is 10.9 Å². The van der Waals surface area contributed by atoms with E-state index in [1.54, 1.807) is 36.1 Å². The molecule has 0 saturated heterocycles. The number of hydrogen-bond donors (Lipinski definition) is 16. The predicted molar refractivity (Wildman–Crippen MR) is 201 cm³/mol. The molecule has 0 aliphatic heterocycles. The SMILES string of the molecule is CNC(=O)C(=O)CN.CNC(=O)CC(O)(CC(=O)NN)C(=O)NN.CNC(=O)CCCCC(=O)CN.CNC(=O)NN.CNC(=O)c1cccc(C(=O)NN)c1. The first-order valence-electron chi connectivity index (χ1n) is 16.1. The van der Waals surface area contributed by atoms with Gasteiger partial charge in [-0.25, -0.2) is 28.2 Å². The zero-order valence-corrected chi connectivity index (χ0v) is 32.0. The number of hydrazine groups is 4. The third-order valence-corrected chi connectivity index (χ3v) is 6.28. The van der Waals surface area contributed by atoms with E-state index >= 15 is 0 Å². The summed E-state index contributed by atoms with van der Waals surface area (Å²) in [6.07, 6.45) is 1.23. The van der Waals surface area contributed by atoms with Crippen LogP contribution >= 0.6 is 0 Å². The van der Waals surface area contributed by atoms with Crippen LogP contribution in [0.5, 0.6) is 0 Å². The maximum absolute atomic E-state index is 11.2. The summed E-state index contributed by atoms with van der Waals surface area (Å²) < 4.78 is 0. The van der Waals surface area contributed by atoms with E-state index in [9.17, 15) is 53.1 Å². The number of benzene rings is 1. The first-order chi connectivity index (χ1) is 26.3. The van der Waals surface area contributed by atoms with E-state index in [-0.39, 0.29) is 36.7 Å². The fourth-order valence-corrected chi connectivity index (χ4v) is 3.20. The van der Waals surface area contributed by atoms with Gasteiger partial charge < -0.3 is 43.2 Å². The van der Waals surface area contributed by atoms with Crippen molar-refractivity contribution in [1.29, 1.82) is 0 Å². The summed E-state index contributed by atoms with van der Waals surface area (Å²) in [4.78, 5) is 107. The van der Waals surface area contributed by atoms with Crippen molar-refractivity contribution in [2.24, 2.45) is 34.8 Å². The molecule has 0 aromatic heterocycles. The molecule has 1 aromatic carbocycles. The highest BCUT2D eigenvalue weighted by molar-refractivity contribution is 6.36. The van der Waals surface area contributed by atoms with Gasteiger partial charge in [0.05, 0.1) is 25.9 Å². The average Bonchev–Trinajstić information content (AvgIpc) is 3.23. The number of carbonyl (C=O) groups is 10. The molecule has 22 N–H and O–H groups in total. The number of nitrogen functional groups attached to an aromatic ring is 1. The Morgan fingerprint density at radius 3 is 1.46 bits per heavy atom. The Morgan fingerprint density at radius 2 is 1.11 bits per heavy atom. The molecule has 0 radical (unpaired) electrons. The van der Waals surface area contributed by atoms with Gasteiger partial charge in [-0.05, 0) is 31.0 Å². The van der Waals surface area contributed by atoms with E-state index in [1.165, 1.54) is 34.3 Å². The Hall–Kier alpha value is -6.16. The van der Waals surface area contributed by atoms with Crippen molar-refractivity contribution >= 4 is 58.9 Å². The summed E-state index contributed by atoms with van der Waals surface area (Å²) in [5, 5.41) is 21.4. The van der Waals surface area contributed by atoms with Crippen LogP contribution in [0.3, 0.4) is 0 Å². The minimum Gasteiger partial charge on any atom is -0.379 e. The lowest BCUT2D eigenvalue weighted by Crippen LogP contribution is -2.54. The smallest absolute Gasteiger partial charge is 0.328 e. The lowest BCUT2D eigenvalue weighted by Gasteiger charge is -2.24. The van der Waals surface area contributed by atoms with Gasteiger partial charge in [-0.15, -0.1) is 0 Å². The number of carbonyl (C=O) groups excluding carboxylic acids is 10. The van der Waals surface area contributed by atoms with Crippen LogP contribution in [0.15, 0.2) is 24.3 Å². The number of likely N-dealkylation sites (N-methyl/N-ethyl adjacent to an activating group) is 1. The van der Waals surface area contributed by atoms with E-state index in [4.69, 9.17) is 29.0 Å². The zero-order valence-electron chi connectivity index (χ0n) is 32.0. The highest BCUT2D eigenvalue weighted by Crippen LogP contribution is 2.15. The van der Waals surface area contributed by atoms with E-state index in [2.05, 4.69) is 32.4 Å². The Labute approximate surface area is 322 Å². The lowest BCUT2D eigenvalue weighted by atomic mass is 9.93. The summed E-state index contributed by atoms with van der Waals surface area (Å²) in [6.45, 7) is -0.111. The van der Waals surface area contributed by atoms with E-state index in [0.29, 0.717) is 24.0 Å². The largest absolute Gasteiger partial charge is 0.379 e. The quantitative estimate of drug-likeness (QED) is 0.0257. The summed E-state index contributed by atoms with van der Waals surface area (Å²) >= 11 is 0. The van der Waals surface area contributed by atoms with Gasteiger partial charge in [-0.2, -0.15) is 0 Å². The Bertz CT molecular complexity index is 1340. The molecule has 0 fully saturated rings. The second kappa shape index (κ2) is 34.6. The Kier molecular flexibility index (Phi) is 35.0. The molecule has 1 unspecified atom stereocenters. The fraction of sp³-hybridized carbons (Fsp3) is 0.467. The average molecular weight is 804 g/mol. The van der Waals surface area contributed by atoms with Crippen LogP contribution in [0.4, 0.5) is 4.79 Å². The van der Waals surface area contributed by atoms with Gasteiger partial charge in [-0.1, -0.05) is 6.07 Å². The maximum atomic E-state index is 11.2. The van der Waals surface area contributed by atoms with Crippen molar-refractivity contribution in [3.05, 3.63) is 35.4 Å². The van der Waals surface area contributed by atoms with Crippen molar-refractivity contribution in [2.75, 3.05) is 48.3 Å². The molecule has 1 rings (SSSR count). The number of amides is 9. The molecular formula is C30H57N15O11. The normalized spacial score (nSPS) is 10.1. The molecular weight excluding hydrogens is 746 g/mol. The highest BCUT2D eigenvalue weighted by Gasteiger charge is 2.39. The summed E-state index contributed by atoms with van der Waals surface area (Å²) in [5.74, 6) is 15.0. The van der Waals surface area contributed by atoms with Crippen LogP contribution in [-0.4, -0.2) is 118 Å². The summed E-state index contributed by atoms with van der Waals surface area (Å²) in [6, 6.07) is 5.91. The second-order valence-corrected chi connectivity index (χ2v) is 10.3. The topological polar surface area (TPSA) is 455 Å². The number of rotatable bonds is 15. The minimum atomic E-state index is -2.22.